The third-order valence-corrected chi connectivity index (χ3v) is 3.83. The van der Waals surface area contributed by atoms with Gasteiger partial charge in [-0.1, -0.05) is 0 Å². The molecule has 0 amide bonds. The Bertz CT molecular complexity index is 570. The number of aromatic carboxylic acids is 1. The minimum Gasteiger partial charge on any atom is -0.478 e. The summed E-state index contributed by atoms with van der Waals surface area (Å²) in [6.07, 6.45) is 1.82. The summed E-state index contributed by atoms with van der Waals surface area (Å²) in [7, 11) is 0. The quantitative estimate of drug-likeness (QED) is 0.653. The number of carboxylic acid groups (broad SMARTS) is 1. The SMILES string of the molecule is CC1(O)CCCN(c2cc([N+](=O)[O-])ccc2C(=O)O)CC1. The molecule has 1 aromatic rings. The smallest absolute Gasteiger partial charge is 0.337 e. The standard InChI is InChI=1S/C14H18N2O5/c1-14(19)5-2-7-15(8-6-14)12-9-10(16(20)21)3-4-11(12)13(17)18/h3-4,9,19H,2,5-8H2,1H3,(H,17,18). The maximum Gasteiger partial charge on any atom is 0.337 e. The molecule has 7 heteroatoms. The molecule has 1 heterocycles. The Balaban J connectivity index is 2.38. The highest BCUT2D eigenvalue weighted by Crippen LogP contribution is 2.30. The van der Waals surface area contributed by atoms with Gasteiger partial charge in [-0.25, -0.2) is 4.79 Å². The summed E-state index contributed by atoms with van der Waals surface area (Å²) in [5.41, 5.74) is -0.527. The maximum atomic E-state index is 11.3. The van der Waals surface area contributed by atoms with Crippen LogP contribution in [0, 0.1) is 10.1 Å². The number of carbonyl (C=O) groups is 1. The number of anilines is 1. The van der Waals surface area contributed by atoms with E-state index >= 15 is 0 Å². The fraction of sp³-hybridized carbons (Fsp3) is 0.500. The average molecular weight is 294 g/mol. The number of nitro benzene ring substituents is 1. The Morgan fingerprint density at radius 3 is 2.71 bits per heavy atom. The second-order valence-electron chi connectivity index (χ2n) is 5.60. The van der Waals surface area contributed by atoms with Crippen molar-refractivity contribution in [3.8, 4) is 0 Å². The zero-order valence-corrected chi connectivity index (χ0v) is 11.8. The third kappa shape index (κ3) is 3.49. The number of rotatable bonds is 3. The van der Waals surface area contributed by atoms with Crippen molar-refractivity contribution in [3.63, 3.8) is 0 Å². The van der Waals surface area contributed by atoms with E-state index in [4.69, 9.17) is 0 Å². The van der Waals surface area contributed by atoms with Crippen LogP contribution in [0.3, 0.4) is 0 Å². The minimum absolute atomic E-state index is 0.0437. The molecule has 1 aliphatic rings. The third-order valence-electron chi connectivity index (χ3n) is 3.83. The highest BCUT2D eigenvalue weighted by molar-refractivity contribution is 5.95. The van der Waals surface area contributed by atoms with Crippen molar-refractivity contribution in [2.45, 2.75) is 31.8 Å². The molecule has 0 aromatic heterocycles. The van der Waals surface area contributed by atoms with Crippen molar-refractivity contribution in [3.05, 3.63) is 33.9 Å². The van der Waals surface area contributed by atoms with Crippen LogP contribution in [0.15, 0.2) is 18.2 Å². The van der Waals surface area contributed by atoms with Gasteiger partial charge in [-0.05, 0) is 32.3 Å². The Morgan fingerprint density at radius 1 is 1.38 bits per heavy atom. The van der Waals surface area contributed by atoms with Crippen LogP contribution < -0.4 is 4.90 Å². The summed E-state index contributed by atoms with van der Waals surface area (Å²) < 4.78 is 0. The minimum atomic E-state index is -1.11. The van der Waals surface area contributed by atoms with Crippen LogP contribution in [0.1, 0.15) is 36.5 Å². The zero-order chi connectivity index (χ0) is 15.6. The Labute approximate surface area is 122 Å². The molecule has 0 aliphatic carbocycles. The predicted octanol–water partition coefficient (Wildman–Crippen LogP) is 2.03. The molecule has 0 spiro atoms. The van der Waals surface area contributed by atoms with E-state index in [2.05, 4.69) is 0 Å². The number of carboxylic acids is 1. The van der Waals surface area contributed by atoms with Gasteiger partial charge in [0, 0.05) is 25.2 Å². The lowest BCUT2D eigenvalue weighted by molar-refractivity contribution is -0.384. The van der Waals surface area contributed by atoms with Gasteiger partial charge in [-0.15, -0.1) is 0 Å². The zero-order valence-electron chi connectivity index (χ0n) is 11.8. The molecule has 1 atom stereocenters. The highest BCUT2D eigenvalue weighted by Gasteiger charge is 2.27. The van der Waals surface area contributed by atoms with Crippen molar-refractivity contribution in [1.29, 1.82) is 0 Å². The summed E-state index contributed by atoms with van der Waals surface area (Å²) in [5, 5.41) is 30.2. The molecule has 114 valence electrons. The largest absolute Gasteiger partial charge is 0.478 e. The molecular weight excluding hydrogens is 276 g/mol. The number of nitro groups is 1. The molecule has 1 fully saturated rings. The second kappa shape index (κ2) is 5.69. The van der Waals surface area contributed by atoms with Gasteiger partial charge in [-0.3, -0.25) is 10.1 Å². The molecule has 0 saturated carbocycles. The van der Waals surface area contributed by atoms with Gasteiger partial charge in [0.05, 0.1) is 21.8 Å². The van der Waals surface area contributed by atoms with Crippen LogP contribution in [0.5, 0.6) is 0 Å². The number of benzene rings is 1. The molecule has 2 N–H and O–H groups in total. The van der Waals surface area contributed by atoms with Crippen LogP contribution in [-0.4, -0.2) is 39.8 Å². The summed E-state index contributed by atoms with van der Waals surface area (Å²) in [5.74, 6) is -1.11. The van der Waals surface area contributed by atoms with E-state index < -0.39 is 16.5 Å². The van der Waals surface area contributed by atoms with E-state index in [1.807, 2.05) is 0 Å². The van der Waals surface area contributed by atoms with E-state index in [-0.39, 0.29) is 11.3 Å². The van der Waals surface area contributed by atoms with Gasteiger partial charge < -0.3 is 15.1 Å². The van der Waals surface area contributed by atoms with E-state index in [0.29, 0.717) is 38.0 Å². The topological polar surface area (TPSA) is 104 Å². The lowest BCUT2D eigenvalue weighted by Gasteiger charge is -2.25. The summed E-state index contributed by atoms with van der Waals surface area (Å²) in [6.45, 7) is 2.79. The van der Waals surface area contributed by atoms with Crippen LogP contribution in [0.4, 0.5) is 11.4 Å². The summed E-state index contributed by atoms with van der Waals surface area (Å²) >= 11 is 0. The lowest BCUT2D eigenvalue weighted by Crippen LogP contribution is -2.29. The first-order valence-electron chi connectivity index (χ1n) is 6.79. The number of hydrogen-bond donors (Lipinski definition) is 2. The van der Waals surface area contributed by atoms with Crippen molar-refractivity contribution in [2.24, 2.45) is 0 Å². The van der Waals surface area contributed by atoms with E-state index in [1.165, 1.54) is 18.2 Å². The van der Waals surface area contributed by atoms with Gasteiger partial charge in [0.1, 0.15) is 0 Å². The van der Waals surface area contributed by atoms with Crippen molar-refractivity contribution >= 4 is 17.3 Å². The summed E-state index contributed by atoms with van der Waals surface area (Å²) in [6, 6.07) is 3.75. The molecule has 1 saturated heterocycles. The number of non-ortho nitro benzene ring substituents is 1. The Kier molecular flexibility index (Phi) is 4.13. The predicted molar refractivity (Wildman–Crippen MR) is 76.7 cm³/mol. The first kappa shape index (κ1) is 15.2. The van der Waals surface area contributed by atoms with Crippen molar-refractivity contribution in [2.75, 3.05) is 18.0 Å². The van der Waals surface area contributed by atoms with E-state index in [1.54, 1.807) is 11.8 Å². The number of hydrogen-bond acceptors (Lipinski definition) is 5. The monoisotopic (exact) mass is 294 g/mol. The van der Waals surface area contributed by atoms with Crippen LogP contribution >= 0.6 is 0 Å². The molecule has 7 nitrogen and oxygen atoms in total. The molecule has 1 aromatic carbocycles. The first-order chi connectivity index (χ1) is 9.80. The summed E-state index contributed by atoms with van der Waals surface area (Å²) in [4.78, 5) is 23.5. The average Bonchev–Trinajstić information content (AvgIpc) is 2.58. The van der Waals surface area contributed by atoms with Crippen LogP contribution in [0.2, 0.25) is 0 Å². The molecular formula is C14H18N2O5. The van der Waals surface area contributed by atoms with Gasteiger partial charge >= 0.3 is 5.97 Å². The molecule has 21 heavy (non-hydrogen) atoms. The van der Waals surface area contributed by atoms with Gasteiger partial charge in [0.25, 0.3) is 5.69 Å². The number of aliphatic hydroxyl groups is 1. The Hall–Kier alpha value is -2.15. The highest BCUT2D eigenvalue weighted by atomic mass is 16.6. The fourth-order valence-corrected chi connectivity index (χ4v) is 2.58. The van der Waals surface area contributed by atoms with E-state index in [0.717, 1.165) is 0 Å². The van der Waals surface area contributed by atoms with Crippen LogP contribution in [-0.2, 0) is 0 Å². The second-order valence-corrected chi connectivity index (χ2v) is 5.60. The molecule has 1 unspecified atom stereocenters. The van der Waals surface area contributed by atoms with Crippen LogP contribution in [0.25, 0.3) is 0 Å². The Morgan fingerprint density at radius 2 is 2.10 bits per heavy atom. The van der Waals surface area contributed by atoms with Gasteiger partial charge in [-0.2, -0.15) is 0 Å². The van der Waals surface area contributed by atoms with E-state index in [9.17, 15) is 25.1 Å². The normalized spacial score (nSPS) is 22.7. The molecule has 0 radical (unpaired) electrons. The molecule has 1 aliphatic heterocycles. The molecule has 0 bridgehead atoms. The molecule has 2 rings (SSSR count). The fourth-order valence-electron chi connectivity index (χ4n) is 2.58. The maximum absolute atomic E-state index is 11.3. The number of nitrogens with zero attached hydrogens (tertiary/aromatic N) is 2. The van der Waals surface area contributed by atoms with Gasteiger partial charge in [0.2, 0.25) is 0 Å². The van der Waals surface area contributed by atoms with Crippen molar-refractivity contribution < 1.29 is 19.9 Å². The van der Waals surface area contributed by atoms with Crippen molar-refractivity contribution in [1.82, 2.24) is 0 Å². The lowest BCUT2D eigenvalue weighted by atomic mass is 9.98. The van der Waals surface area contributed by atoms with Gasteiger partial charge in [0.15, 0.2) is 0 Å². The first-order valence-corrected chi connectivity index (χ1v) is 6.79.